The zero-order valence-corrected chi connectivity index (χ0v) is 22.4. The molecule has 2 amide bonds. The molecule has 3 atom stereocenters. The smallest absolute Gasteiger partial charge is 0.319 e. The lowest BCUT2D eigenvalue weighted by Crippen LogP contribution is -2.52. The van der Waals surface area contributed by atoms with Gasteiger partial charge in [0.25, 0.3) is 0 Å². The van der Waals surface area contributed by atoms with Crippen LogP contribution >= 0.6 is 0 Å². The zero-order valence-electron chi connectivity index (χ0n) is 22.4. The van der Waals surface area contributed by atoms with Crippen LogP contribution in [-0.2, 0) is 12.0 Å². The summed E-state index contributed by atoms with van der Waals surface area (Å²) in [4.78, 5) is 15.3. The van der Waals surface area contributed by atoms with Gasteiger partial charge in [-0.2, -0.15) is 0 Å². The Kier molecular flexibility index (Phi) is 7.74. The van der Waals surface area contributed by atoms with Gasteiger partial charge in [-0.15, -0.1) is 0 Å². The van der Waals surface area contributed by atoms with Crippen molar-refractivity contribution in [1.29, 1.82) is 0 Å². The van der Waals surface area contributed by atoms with E-state index in [1.807, 2.05) is 60.7 Å². The first-order valence-electron chi connectivity index (χ1n) is 13.3. The van der Waals surface area contributed by atoms with Crippen molar-refractivity contribution in [3.05, 3.63) is 83.9 Å². The number of urea groups is 1. The summed E-state index contributed by atoms with van der Waals surface area (Å²) >= 11 is 0. The second kappa shape index (κ2) is 11.4. The van der Waals surface area contributed by atoms with Crippen LogP contribution in [0.25, 0.3) is 0 Å². The van der Waals surface area contributed by atoms with E-state index >= 15 is 0 Å². The number of amides is 2. The number of ether oxygens (including phenoxy) is 3. The Morgan fingerprint density at radius 1 is 0.974 bits per heavy atom. The number of hydrogen-bond donors (Lipinski definition) is 2. The molecule has 0 unspecified atom stereocenters. The van der Waals surface area contributed by atoms with E-state index in [0.29, 0.717) is 12.6 Å². The average molecular weight is 516 g/mol. The number of nitrogens with zero attached hydrogens (tertiary/aromatic N) is 1. The third kappa shape index (κ3) is 5.43. The summed E-state index contributed by atoms with van der Waals surface area (Å²) in [5.41, 5.74) is 3.20. The Hall–Kier alpha value is -3.71. The van der Waals surface area contributed by atoms with Crippen molar-refractivity contribution < 1.29 is 19.0 Å². The van der Waals surface area contributed by atoms with E-state index in [1.165, 1.54) is 5.56 Å². The molecule has 5 rings (SSSR count). The molecule has 1 heterocycles. The zero-order chi connectivity index (χ0) is 26.5. The van der Waals surface area contributed by atoms with Gasteiger partial charge in [0.2, 0.25) is 0 Å². The fraction of sp³-hybridized carbons (Fsp3) is 0.387. The predicted octanol–water partition coefficient (Wildman–Crippen LogP) is 5.60. The number of nitrogens with one attached hydrogen (secondary N) is 2. The minimum absolute atomic E-state index is 0.0541. The number of likely N-dealkylation sites (N-methyl/N-ethyl adjacent to an activating group) is 1. The Labute approximate surface area is 225 Å². The fourth-order valence-corrected chi connectivity index (χ4v) is 6.12. The maximum Gasteiger partial charge on any atom is 0.319 e. The van der Waals surface area contributed by atoms with Gasteiger partial charge in [-0.05, 0) is 86.8 Å². The van der Waals surface area contributed by atoms with Crippen LogP contribution in [0, 0.1) is 0 Å². The SMILES string of the molecule is COc1ccc([C@@]23CC[C@@H](NC(=O)Nc4ccc(OCc5ccccc5)cc4)C[C@@H]2N(C)CC3)cc1OC. The van der Waals surface area contributed by atoms with E-state index in [2.05, 4.69) is 34.7 Å². The van der Waals surface area contributed by atoms with Crippen molar-refractivity contribution >= 4 is 11.7 Å². The highest BCUT2D eigenvalue weighted by Gasteiger charge is 2.50. The summed E-state index contributed by atoms with van der Waals surface area (Å²) in [6.45, 7) is 1.55. The standard InChI is InChI=1S/C31H37N3O4/c1-34-18-17-31(23-9-14-27(36-2)28(19-23)37-3)16-15-25(20-29(31)34)33-30(35)32-24-10-12-26(13-11-24)38-21-22-7-5-4-6-8-22/h4-14,19,25,29H,15-18,20-21H2,1-3H3,(H2,32,33,35)/t25-,29+,31+/m1/s1. The van der Waals surface area contributed by atoms with Crippen LogP contribution in [0.15, 0.2) is 72.8 Å². The highest BCUT2D eigenvalue weighted by Crippen LogP contribution is 2.49. The van der Waals surface area contributed by atoms with Gasteiger partial charge >= 0.3 is 6.03 Å². The number of carbonyl (C=O) groups is 1. The van der Waals surface area contributed by atoms with Crippen LogP contribution in [0.3, 0.4) is 0 Å². The number of anilines is 1. The lowest BCUT2D eigenvalue weighted by Gasteiger charge is -2.45. The van der Waals surface area contributed by atoms with Crippen LogP contribution in [0.2, 0.25) is 0 Å². The lowest BCUT2D eigenvalue weighted by atomic mass is 9.65. The van der Waals surface area contributed by atoms with Crippen LogP contribution < -0.4 is 24.8 Å². The maximum absolute atomic E-state index is 12.9. The predicted molar refractivity (Wildman–Crippen MR) is 149 cm³/mol. The van der Waals surface area contributed by atoms with E-state index in [1.54, 1.807) is 14.2 Å². The first-order chi connectivity index (χ1) is 18.5. The van der Waals surface area contributed by atoms with E-state index in [4.69, 9.17) is 14.2 Å². The molecule has 3 aromatic rings. The van der Waals surface area contributed by atoms with E-state index in [9.17, 15) is 4.79 Å². The van der Waals surface area contributed by atoms with Gasteiger partial charge in [-0.1, -0.05) is 36.4 Å². The molecule has 7 nitrogen and oxygen atoms in total. The molecule has 3 aromatic carbocycles. The van der Waals surface area contributed by atoms with E-state index in [-0.39, 0.29) is 17.5 Å². The van der Waals surface area contributed by atoms with E-state index in [0.717, 1.165) is 60.7 Å². The van der Waals surface area contributed by atoms with Crippen LogP contribution in [0.1, 0.15) is 36.8 Å². The van der Waals surface area contributed by atoms with Crippen LogP contribution in [0.4, 0.5) is 10.5 Å². The van der Waals surface area contributed by atoms with E-state index < -0.39 is 0 Å². The fourth-order valence-electron chi connectivity index (χ4n) is 6.12. The highest BCUT2D eigenvalue weighted by atomic mass is 16.5. The lowest BCUT2D eigenvalue weighted by molar-refractivity contribution is 0.156. The molecule has 1 saturated carbocycles. The van der Waals surface area contributed by atoms with Gasteiger partial charge in [-0.3, -0.25) is 0 Å². The molecule has 200 valence electrons. The molecule has 7 heteroatoms. The van der Waals surface area contributed by atoms with Crippen molar-refractivity contribution in [1.82, 2.24) is 10.2 Å². The Morgan fingerprint density at radius 2 is 1.74 bits per heavy atom. The number of methoxy groups -OCH3 is 2. The van der Waals surface area contributed by atoms with Crippen molar-refractivity contribution in [3.8, 4) is 17.2 Å². The molecule has 0 spiro atoms. The first kappa shape index (κ1) is 25.9. The van der Waals surface area contributed by atoms with Gasteiger partial charge in [0.05, 0.1) is 14.2 Å². The number of carbonyl (C=O) groups excluding carboxylic acids is 1. The number of fused-ring (bicyclic) bond motifs is 1. The van der Waals surface area contributed by atoms with Crippen LogP contribution in [-0.4, -0.2) is 50.8 Å². The van der Waals surface area contributed by atoms with Crippen molar-refractivity contribution in [2.75, 3.05) is 33.1 Å². The summed E-state index contributed by atoms with van der Waals surface area (Å²) in [5.74, 6) is 2.28. The molecule has 0 aromatic heterocycles. The van der Waals surface area contributed by atoms with Gasteiger partial charge < -0.3 is 29.7 Å². The summed E-state index contributed by atoms with van der Waals surface area (Å²) in [7, 11) is 5.54. The number of hydrogen-bond acceptors (Lipinski definition) is 5. The molecule has 2 aliphatic rings. The minimum Gasteiger partial charge on any atom is -0.493 e. The molecule has 0 bridgehead atoms. The van der Waals surface area contributed by atoms with Crippen molar-refractivity contribution in [2.24, 2.45) is 0 Å². The molecular formula is C31H37N3O4. The Bertz CT molecular complexity index is 1230. The topological polar surface area (TPSA) is 72.1 Å². The summed E-state index contributed by atoms with van der Waals surface area (Å²) in [6.07, 6.45) is 3.94. The molecule has 2 N–H and O–H groups in total. The minimum atomic E-state index is -0.174. The first-order valence-corrected chi connectivity index (χ1v) is 13.3. The monoisotopic (exact) mass is 515 g/mol. The maximum atomic E-state index is 12.9. The van der Waals surface area contributed by atoms with Gasteiger partial charge in [-0.25, -0.2) is 4.79 Å². The van der Waals surface area contributed by atoms with Gasteiger partial charge in [0.15, 0.2) is 11.5 Å². The van der Waals surface area contributed by atoms with Crippen LogP contribution in [0.5, 0.6) is 17.2 Å². The second-order valence-electron chi connectivity index (χ2n) is 10.3. The largest absolute Gasteiger partial charge is 0.493 e. The summed E-state index contributed by atoms with van der Waals surface area (Å²) < 4.78 is 16.9. The number of rotatable bonds is 8. The number of benzene rings is 3. The third-order valence-corrected chi connectivity index (χ3v) is 8.18. The molecule has 0 radical (unpaired) electrons. The summed E-state index contributed by atoms with van der Waals surface area (Å²) in [5, 5.41) is 6.20. The molecular weight excluding hydrogens is 478 g/mol. The van der Waals surface area contributed by atoms with Crippen molar-refractivity contribution in [2.45, 2.75) is 49.8 Å². The normalized spacial score (nSPS) is 22.8. The summed E-state index contributed by atoms with van der Waals surface area (Å²) in [6, 6.07) is 24.2. The van der Waals surface area contributed by atoms with Gasteiger partial charge in [0.1, 0.15) is 12.4 Å². The molecule has 38 heavy (non-hydrogen) atoms. The molecule has 1 aliphatic heterocycles. The quantitative estimate of drug-likeness (QED) is 0.409. The number of likely N-dealkylation sites (tertiary alicyclic amines) is 1. The molecule has 1 aliphatic carbocycles. The van der Waals surface area contributed by atoms with Gasteiger partial charge in [0, 0.05) is 23.2 Å². The average Bonchev–Trinajstić information content (AvgIpc) is 3.29. The molecule has 2 fully saturated rings. The Balaban J connectivity index is 1.18. The highest BCUT2D eigenvalue weighted by molar-refractivity contribution is 5.89. The third-order valence-electron chi connectivity index (χ3n) is 8.18. The molecule has 1 saturated heterocycles. The second-order valence-corrected chi connectivity index (χ2v) is 10.3. The van der Waals surface area contributed by atoms with Crippen molar-refractivity contribution in [3.63, 3.8) is 0 Å². The Morgan fingerprint density at radius 3 is 2.47 bits per heavy atom.